The number of nitrogens with zero attached hydrogens (tertiary/aromatic N) is 3. The molecule has 9 aromatic carbocycles. The fourth-order valence-electron chi connectivity index (χ4n) is 9.93. The number of fused-ring (bicyclic) bond motifs is 11. The normalized spacial score (nSPS) is 17.4. The van der Waals surface area contributed by atoms with Crippen LogP contribution in [-0.2, 0) is 0 Å². The van der Waals surface area contributed by atoms with Gasteiger partial charge in [0.2, 0.25) is 0 Å². The summed E-state index contributed by atoms with van der Waals surface area (Å²) in [4.78, 5) is 11.4. The van der Waals surface area contributed by atoms with Crippen LogP contribution >= 0.6 is 0 Å². The molecule has 0 bridgehead atoms. The Labute approximate surface area is 356 Å². The zero-order chi connectivity index (χ0) is 40.9. The van der Waals surface area contributed by atoms with E-state index < -0.39 is 0 Å². The first-order valence-corrected chi connectivity index (χ1v) is 21.3. The highest BCUT2D eigenvalue weighted by molar-refractivity contribution is 6.25. The molecule has 1 aliphatic heterocycles. The van der Waals surface area contributed by atoms with Crippen molar-refractivity contribution in [2.75, 3.05) is 0 Å². The topological polar surface area (TPSA) is 55.9 Å². The standard InChI is InChI=1S/C57H37N3O2/c1-34-28-31-47(58-57(42-22-12-17-35-14-4-5-18-38(35)42)59-54(34)45-23-13-27-52-53(45)44-21-8-11-26-51(44)61-52)43-30-29-41-40-20-7-10-25-50(40)62-56(41)55(43)60-48-24-9-6-19-39(48)46-32-36-15-2-3-16-37(36)33-49(46)60/h2-27,29-34H,28H2,1H3/b47-31+,58-57-,59-54+. The van der Waals surface area contributed by atoms with E-state index in [9.17, 15) is 0 Å². The molecule has 1 aliphatic rings. The SMILES string of the molecule is CC1C/C=C(c2ccc3c(oc4ccccc43)c2-n2c3ccccc3c3cc4ccccc4cc32)/N=C(c2cccc3ccccc23)\N=C/1c1cccc2oc3ccccc3c12. The molecular formula is C57H37N3O2. The van der Waals surface area contributed by atoms with Gasteiger partial charge < -0.3 is 13.4 Å². The van der Waals surface area contributed by atoms with E-state index in [2.05, 4.69) is 181 Å². The van der Waals surface area contributed by atoms with E-state index in [4.69, 9.17) is 18.8 Å². The van der Waals surface area contributed by atoms with Gasteiger partial charge in [0.15, 0.2) is 11.4 Å². The first kappa shape index (κ1) is 34.8. The summed E-state index contributed by atoms with van der Waals surface area (Å²) in [5.41, 5.74) is 11.4. The molecule has 0 fully saturated rings. The zero-order valence-corrected chi connectivity index (χ0v) is 33.8. The average molecular weight is 796 g/mol. The number of aromatic nitrogens is 1. The van der Waals surface area contributed by atoms with Crippen LogP contribution in [0.2, 0.25) is 0 Å². The number of hydrogen-bond acceptors (Lipinski definition) is 4. The number of rotatable bonds is 4. The third-order valence-corrected chi connectivity index (χ3v) is 12.9. The van der Waals surface area contributed by atoms with Crippen molar-refractivity contribution in [2.24, 2.45) is 15.9 Å². The molecule has 292 valence electrons. The summed E-state index contributed by atoms with van der Waals surface area (Å²) in [6.45, 7) is 2.28. The number of amidine groups is 1. The maximum Gasteiger partial charge on any atom is 0.160 e. The maximum atomic E-state index is 6.98. The lowest BCUT2D eigenvalue weighted by Crippen LogP contribution is -2.17. The highest BCUT2D eigenvalue weighted by atomic mass is 16.3. The molecule has 0 amide bonds. The lowest BCUT2D eigenvalue weighted by atomic mass is 9.90. The Hall–Kier alpha value is -8.02. The molecule has 13 rings (SSSR count). The van der Waals surface area contributed by atoms with Crippen LogP contribution < -0.4 is 0 Å². The molecule has 12 aromatic rings. The molecule has 0 N–H and O–H groups in total. The maximum absolute atomic E-state index is 6.98. The molecule has 0 spiro atoms. The Morgan fingerprint density at radius 2 is 1.11 bits per heavy atom. The first-order valence-electron chi connectivity index (χ1n) is 21.3. The van der Waals surface area contributed by atoms with Gasteiger partial charge in [-0.25, -0.2) is 9.98 Å². The van der Waals surface area contributed by atoms with Gasteiger partial charge in [-0.15, -0.1) is 0 Å². The second-order valence-corrected chi connectivity index (χ2v) is 16.5. The van der Waals surface area contributed by atoms with Crippen molar-refractivity contribution in [2.45, 2.75) is 13.3 Å². The number of aliphatic imine (C=N–C) groups is 2. The second-order valence-electron chi connectivity index (χ2n) is 16.5. The predicted octanol–water partition coefficient (Wildman–Crippen LogP) is 15.2. The van der Waals surface area contributed by atoms with Crippen LogP contribution in [0.15, 0.2) is 207 Å². The van der Waals surface area contributed by atoms with E-state index in [1.165, 1.54) is 21.5 Å². The van der Waals surface area contributed by atoms with E-state index in [1.54, 1.807) is 0 Å². The minimum absolute atomic E-state index is 0.0303. The Bertz CT molecular complexity index is 3920. The highest BCUT2D eigenvalue weighted by Crippen LogP contribution is 2.44. The van der Waals surface area contributed by atoms with E-state index in [-0.39, 0.29) is 5.92 Å². The van der Waals surface area contributed by atoms with E-state index >= 15 is 0 Å². The van der Waals surface area contributed by atoms with Gasteiger partial charge >= 0.3 is 0 Å². The summed E-state index contributed by atoms with van der Waals surface area (Å²) in [7, 11) is 0. The second kappa shape index (κ2) is 13.5. The molecule has 0 saturated carbocycles. The first-order chi connectivity index (χ1) is 30.7. The number of allylic oxidation sites excluding steroid dienone is 1. The lowest BCUT2D eigenvalue weighted by molar-refractivity contribution is 0.666. The monoisotopic (exact) mass is 795 g/mol. The van der Waals surface area contributed by atoms with Crippen molar-refractivity contribution < 1.29 is 8.83 Å². The Morgan fingerprint density at radius 3 is 1.97 bits per heavy atom. The number of benzene rings is 9. The van der Waals surface area contributed by atoms with E-state index in [0.29, 0.717) is 12.3 Å². The van der Waals surface area contributed by atoms with Crippen LogP contribution in [-0.4, -0.2) is 16.1 Å². The molecule has 5 nitrogen and oxygen atoms in total. The van der Waals surface area contributed by atoms with Crippen molar-refractivity contribution in [3.63, 3.8) is 0 Å². The van der Waals surface area contributed by atoms with Crippen molar-refractivity contribution in [1.29, 1.82) is 0 Å². The summed E-state index contributed by atoms with van der Waals surface area (Å²) in [5, 5.41) is 11.3. The molecule has 4 heterocycles. The molecule has 3 aromatic heterocycles. The van der Waals surface area contributed by atoms with E-state index in [1.807, 2.05) is 18.2 Å². The number of para-hydroxylation sites is 3. The Kier molecular flexibility index (Phi) is 7.58. The summed E-state index contributed by atoms with van der Waals surface area (Å²) < 4.78 is 15.8. The minimum Gasteiger partial charge on any atom is -0.456 e. The van der Waals surface area contributed by atoms with Gasteiger partial charge in [-0.1, -0.05) is 146 Å². The van der Waals surface area contributed by atoms with Crippen molar-refractivity contribution in [1.82, 2.24) is 4.57 Å². The molecule has 1 atom stereocenters. The van der Waals surface area contributed by atoms with E-state index in [0.717, 1.165) is 99.5 Å². The smallest absolute Gasteiger partial charge is 0.160 e. The van der Waals surface area contributed by atoms with Crippen molar-refractivity contribution in [3.8, 4) is 5.69 Å². The van der Waals surface area contributed by atoms with Gasteiger partial charge in [-0.2, -0.15) is 0 Å². The number of hydrogen-bond donors (Lipinski definition) is 0. The van der Waals surface area contributed by atoms with Crippen LogP contribution in [0.25, 0.3) is 98.6 Å². The fourth-order valence-corrected chi connectivity index (χ4v) is 9.93. The van der Waals surface area contributed by atoms with Crippen LogP contribution in [0.3, 0.4) is 0 Å². The van der Waals surface area contributed by atoms with Gasteiger partial charge in [0.25, 0.3) is 0 Å². The van der Waals surface area contributed by atoms with Gasteiger partial charge in [0.1, 0.15) is 16.7 Å². The van der Waals surface area contributed by atoms with Crippen molar-refractivity contribution >= 4 is 104 Å². The fraction of sp³-hybridized carbons (Fsp3) is 0.0526. The molecule has 5 heteroatoms. The minimum atomic E-state index is 0.0303. The van der Waals surface area contributed by atoms with Gasteiger partial charge in [0, 0.05) is 54.9 Å². The molecule has 62 heavy (non-hydrogen) atoms. The third kappa shape index (κ3) is 5.21. The van der Waals surface area contributed by atoms with Crippen LogP contribution in [0, 0.1) is 5.92 Å². The zero-order valence-electron chi connectivity index (χ0n) is 33.8. The average Bonchev–Trinajstić information content (AvgIpc) is 3.99. The quantitative estimate of drug-likeness (QED) is 0.178. The van der Waals surface area contributed by atoms with Crippen LogP contribution in [0.1, 0.15) is 30.0 Å². The molecule has 0 radical (unpaired) electrons. The van der Waals surface area contributed by atoms with Gasteiger partial charge in [0.05, 0.1) is 28.1 Å². The molecule has 0 aliphatic carbocycles. The largest absolute Gasteiger partial charge is 0.456 e. The lowest BCUT2D eigenvalue weighted by Gasteiger charge is -2.21. The summed E-state index contributed by atoms with van der Waals surface area (Å²) in [6.07, 6.45) is 3.02. The Balaban J connectivity index is 1.13. The number of furan rings is 2. The summed E-state index contributed by atoms with van der Waals surface area (Å²) >= 11 is 0. The molecular weight excluding hydrogens is 759 g/mol. The third-order valence-electron chi connectivity index (χ3n) is 12.9. The predicted molar refractivity (Wildman–Crippen MR) is 258 cm³/mol. The van der Waals surface area contributed by atoms with Gasteiger partial charge in [-0.05, 0) is 76.5 Å². The highest BCUT2D eigenvalue weighted by Gasteiger charge is 2.27. The van der Waals surface area contributed by atoms with Crippen molar-refractivity contribution in [3.05, 3.63) is 205 Å². The van der Waals surface area contributed by atoms with Crippen LogP contribution in [0.4, 0.5) is 0 Å². The van der Waals surface area contributed by atoms with Crippen LogP contribution in [0.5, 0.6) is 0 Å². The summed E-state index contributed by atoms with van der Waals surface area (Å²) in [6, 6.07) is 64.3. The summed E-state index contributed by atoms with van der Waals surface area (Å²) in [5.74, 6) is 0.686. The molecule has 0 saturated heterocycles. The molecule has 1 unspecified atom stereocenters. The Morgan fingerprint density at radius 1 is 0.468 bits per heavy atom. The van der Waals surface area contributed by atoms with Gasteiger partial charge in [-0.3, -0.25) is 0 Å².